The van der Waals surface area contributed by atoms with Gasteiger partial charge in [-0.1, -0.05) is 66.7 Å². The minimum Gasteiger partial charge on any atom is -0.389 e. The van der Waals surface area contributed by atoms with Crippen molar-refractivity contribution in [3.8, 4) is 0 Å². The number of aliphatic hydroxyl groups is 1. The summed E-state index contributed by atoms with van der Waals surface area (Å²) in [5.74, 6) is -0.0921. The van der Waals surface area contributed by atoms with E-state index in [4.69, 9.17) is 4.99 Å². The molecule has 0 aliphatic carbocycles. The number of rotatable bonds is 4. The summed E-state index contributed by atoms with van der Waals surface area (Å²) in [4.78, 5) is 16.9. The summed E-state index contributed by atoms with van der Waals surface area (Å²) in [6.45, 7) is 0.650. The lowest BCUT2D eigenvalue weighted by Gasteiger charge is -2.36. The van der Waals surface area contributed by atoms with Crippen LogP contribution in [0.15, 0.2) is 89.6 Å². The van der Waals surface area contributed by atoms with E-state index in [0.29, 0.717) is 13.0 Å². The van der Waals surface area contributed by atoms with Crippen molar-refractivity contribution < 1.29 is 9.90 Å². The van der Waals surface area contributed by atoms with Gasteiger partial charge in [0, 0.05) is 30.8 Å². The Hall–Kier alpha value is -3.44. The van der Waals surface area contributed by atoms with E-state index in [1.807, 2.05) is 73.1 Å². The van der Waals surface area contributed by atoms with E-state index in [9.17, 15) is 9.90 Å². The maximum absolute atomic E-state index is 12.1. The first-order chi connectivity index (χ1) is 14.7. The molecule has 3 N–H and O–H groups in total. The van der Waals surface area contributed by atoms with Crippen molar-refractivity contribution in [2.45, 2.75) is 18.6 Å². The Bertz CT molecular complexity index is 1080. The molecule has 3 aliphatic rings. The van der Waals surface area contributed by atoms with Crippen LogP contribution in [0.25, 0.3) is 5.70 Å². The average molecular weight is 397 g/mol. The smallest absolute Gasteiger partial charge is 0.244 e. The second-order valence-corrected chi connectivity index (χ2v) is 7.92. The predicted molar refractivity (Wildman–Crippen MR) is 118 cm³/mol. The van der Waals surface area contributed by atoms with Gasteiger partial charge in [0.05, 0.1) is 23.3 Å². The van der Waals surface area contributed by atoms with Gasteiger partial charge in [0.2, 0.25) is 5.91 Å². The Morgan fingerprint density at radius 3 is 2.70 bits per heavy atom. The van der Waals surface area contributed by atoms with Crippen LogP contribution in [0.4, 0.5) is 0 Å². The van der Waals surface area contributed by atoms with Crippen LogP contribution in [0, 0.1) is 5.41 Å². The number of nitrogens with zero attached hydrogens (tertiary/aromatic N) is 1. The Morgan fingerprint density at radius 1 is 1.10 bits per heavy atom. The Kier molecular flexibility index (Phi) is 4.60. The topological polar surface area (TPSA) is 73.7 Å². The first-order valence-electron chi connectivity index (χ1n) is 10.2. The Labute approximate surface area is 175 Å². The van der Waals surface area contributed by atoms with Gasteiger partial charge in [-0.05, 0) is 22.9 Å². The molecule has 1 amide bonds. The zero-order valence-corrected chi connectivity index (χ0v) is 16.5. The van der Waals surface area contributed by atoms with Gasteiger partial charge in [-0.3, -0.25) is 9.79 Å². The standard InChI is InChI=1S/C25H23N3O2/c29-21(14-17-4-2-1-3-5-17)18-6-8-19(9-7-18)24-20-10-11-23(30)28-22-15-26-13-12-25(20,22)16-27-24/h1-13,16,21-22,26,29H,14-15H2,(H,28,30). The molecule has 3 aliphatic heterocycles. The third-order valence-corrected chi connectivity index (χ3v) is 6.06. The minimum atomic E-state index is -0.561. The maximum atomic E-state index is 12.1. The molecule has 5 rings (SSSR count). The molecule has 5 heteroatoms. The number of benzene rings is 2. The number of aliphatic hydroxyl groups excluding tert-OH is 1. The summed E-state index contributed by atoms with van der Waals surface area (Å²) in [5.41, 5.74) is 4.39. The SMILES string of the molecule is O=C1C=CC2=C(c3ccc(C(O)Cc4ccccc4)cc3)N=CC23C=CNCC3N1. The molecule has 0 bridgehead atoms. The molecule has 5 nitrogen and oxygen atoms in total. The van der Waals surface area contributed by atoms with Gasteiger partial charge in [0.15, 0.2) is 0 Å². The second kappa shape index (κ2) is 7.43. The summed E-state index contributed by atoms with van der Waals surface area (Å²) >= 11 is 0. The molecular formula is C25H23N3O2. The summed E-state index contributed by atoms with van der Waals surface area (Å²) in [6.07, 6.45) is 9.41. The zero-order chi connectivity index (χ0) is 20.6. The Morgan fingerprint density at radius 2 is 1.90 bits per heavy atom. The first kappa shape index (κ1) is 18.6. The summed E-state index contributed by atoms with van der Waals surface area (Å²) in [7, 11) is 0. The molecule has 3 atom stereocenters. The van der Waals surface area contributed by atoms with Crippen LogP contribution in [-0.2, 0) is 11.2 Å². The molecule has 1 spiro atoms. The van der Waals surface area contributed by atoms with E-state index in [0.717, 1.165) is 28.0 Å². The number of hydrogen-bond acceptors (Lipinski definition) is 4. The number of hydrogen-bond donors (Lipinski definition) is 3. The molecule has 3 heterocycles. The van der Waals surface area contributed by atoms with E-state index in [2.05, 4.69) is 16.7 Å². The highest BCUT2D eigenvalue weighted by atomic mass is 16.3. The van der Waals surface area contributed by atoms with Gasteiger partial charge in [-0.15, -0.1) is 0 Å². The molecule has 2 aromatic carbocycles. The summed E-state index contributed by atoms with van der Waals surface area (Å²) in [6, 6.07) is 17.8. The van der Waals surface area contributed by atoms with Gasteiger partial charge < -0.3 is 15.7 Å². The predicted octanol–water partition coefficient (Wildman–Crippen LogP) is 2.92. The van der Waals surface area contributed by atoms with Gasteiger partial charge >= 0.3 is 0 Å². The van der Waals surface area contributed by atoms with Crippen LogP contribution < -0.4 is 10.6 Å². The van der Waals surface area contributed by atoms with E-state index >= 15 is 0 Å². The third-order valence-electron chi connectivity index (χ3n) is 6.06. The van der Waals surface area contributed by atoms with Crippen LogP contribution in [0.5, 0.6) is 0 Å². The third kappa shape index (κ3) is 3.17. The molecule has 0 fully saturated rings. The van der Waals surface area contributed by atoms with Gasteiger partial charge in [-0.2, -0.15) is 0 Å². The fourth-order valence-electron chi connectivity index (χ4n) is 4.41. The van der Waals surface area contributed by atoms with Gasteiger partial charge in [0.25, 0.3) is 0 Å². The minimum absolute atomic E-state index is 0.0896. The summed E-state index contributed by atoms with van der Waals surface area (Å²) < 4.78 is 0. The van der Waals surface area contributed by atoms with Crippen molar-refractivity contribution in [1.82, 2.24) is 10.6 Å². The molecule has 0 saturated carbocycles. The fraction of sp³-hybridized carbons (Fsp3) is 0.200. The highest BCUT2D eigenvalue weighted by molar-refractivity contribution is 5.98. The maximum Gasteiger partial charge on any atom is 0.244 e. The molecular weight excluding hydrogens is 374 g/mol. The lowest BCUT2D eigenvalue weighted by molar-refractivity contribution is -0.117. The molecule has 0 radical (unpaired) electrons. The van der Waals surface area contributed by atoms with Crippen LogP contribution in [0.2, 0.25) is 0 Å². The zero-order valence-electron chi connectivity index (χ0n) is 16.5. The molecule has 2 aromatic rings. The van der Waals surface area contributed by atoms with Crippen LogP contribution in [0.1, 0.15) is 22.8 Å². The van der Waals surface area contributed by atoms with Crippen molar-refractivity contribution in [2.24, 2.45) is 10.4 Å². The number of allylic oxidation sites excluding steroid dienone is 1. The largest absolute Gasteiger partial charge is 0.389 e. The summed E-state index contributed by atoms with van der Waals surface area (Å²) in [5, 5.41) is 16.9. The number of aliphatic imine (C=N–C) groups is 1. The van der Waals surface area contributed by atoms with Crippen molar-refractivity contribution in [1.29, 1.82) is 0 Å². The van der Waals surface area contributed by atoms with Crippen LogP contribution >= 0.6 is 0 Å². The van der Waals surface area contributed by atoms with E-state index < -0.39 is 11.5 Å². The van der Waals surface area contributed by atoms with E-state index in [-0.39, 0.29) is 11.9 Å². The lowest BCUT2D eigenvalue weighted by atomic mass is 9.73. The van der Waals surface area contributed by atoms with E-state index in [1.54, 1.807) is 6.08 Å². The highest BCUT2D eigenvalue weighted by Gasteiger charge is 2.45. The average Bonchev–Trinajstić information content (AvgIpc) is 3.06. The van der Waals surface area contributed by atoms with Crippen molar-refractivity contribution >= 4 is 17.8 Å². The first-order valence-corrected chi connectivity index (χ1v) is 10.2. The number of carbonyl (C=O) groups is 1. The second-order valence-electron chi connectivity index (χ2n) is 7.92. The van der Waals surface area contributed by atoms with Crippen molar-refractivity contribution in [3.05, 3.63) is 101 Å². The van der Waals surface area contributed by atoms with Crippen LogP contribution in [0.3, 0.4) is 0 Å². The highest BCUT2D eigenvalue weighted by Crippen LogP contribution is 2.44. The quantitative estimate of drug-likeness (QED) is 0.743. The molecule has 150 valence electrons. The number of carbonyl (C=O) groups excluding carboxylic acids is 1. The van der Waals surface area contributed by atoms with E-state index in [1.165, 1.54) is 0 Å². The molecule has 3 unspecified atom stereocenters. The molecule has 0 aromatic heterocycles. The van der Waals surface area contributed by atoms with Gasteiger partial charge in [0.1, 0.15) is 0 Å². The van der Waals surface area contributed by atoms with Gasteiger partial charge in [-0.25, -0.2) is 0 Å². The van der Waals surface area contributed by atoms with Crippen molar-refractivity contribution in [3.63, 3.8) is 0 Å². The Balaban J connectivity index is 1.46. The number of amides is 1. The molecule has 0 saturated heterocycles. The van der Waals surface area contributed by atoms with Crippen LogP contribution in [-0.4, -0.2) is 29.8 Å². The number of nitrogens with one attached hydrogen (secondary N) is 2. The molecule has 30 heavy (non-hydrogen) atoms. The fourth-order valence-corrected chi connectivity index (χ4v) is 4.41. The monoisotopic (exact) mass is 397 g/mol. The normalized spacial score (nSPS) is 25.2. The lowest BCUT2D eigenvalue weighted by Crippen LogP contribution is -2.53. The van der Waals surface area contributed by atoms with Crippen molar-refractivity contribution in [2.75, 3.05) is 6.54 Å².